The summed E-state index contributed by atoms with van der Waals surface area (Å²) in [5, 5.41) is 12.9. The largest absolute Gasteiger partial charge is 0.480 e. The number of primary amides is 1. The second kappa shape index (κ2) is 5.92. The lowest BCUT2D eigenvalue weighted by Gasteiger charge is -2.07. The number of nitrogens with one attached hydrogen (secondary N) is 2. The highest BCUT2D eigenvalue weighted by Gasteiger charge is 2.10. The lowest BCUT2D eigenvalue weighted by Crippen LogP contribution is -2.39. The van der Waals surface area contributed by atoms with Crippen LogP contribution in [-0.4, -0.2) is 35.6 Å². The molecule has 0 fully saturated rings. The molecule has 0 aliphatic heterocycles. The fraction of sp³-hybridized carbons (Fsp3) is 0.571. The van der Waals surface area contributed by atoms with E-state index >= 15 is 0 Å². The Bertz CT molecular complexity index is 241. The van der Waals surface area contributed by atoms with Crippen LogP contribution in [-0.2, 0) is 9.59 Å². The van der Waals surface area contributed by atoms with Gasteiger partial charge in [-0.2, -0.15) is 0 Å². The number of aliphatic carboxylic acids is 1. The summed E-state index contributed by atoms with van der Waals surface area (Å²) in [5.41, 5.74) is 4.69. The van der Waals surface area contributed by atoms with E-state index in [2.05, 4.69) is 11.1 Å². The zero-order valence-electron chi connectivity index (χ0n) is 7.74. The molecule has 0 saturated carbocycles. The average Bonchev–Trinajstić information content (AvgIpc) is 2.02. The van der Waals surface area contributed by atoms with Crippen LogP contribution in [0.1, 0.15) is 13.3 Å². The molecule has 0 aromatic rings. The van der Waals surface area contributed by atoms with Gasteiger partial charge in [-0.1, -0.05) is 0 Å². The van der Waals surface area contributed by atoms with Crippen molar-refractivity contribution in [1.82, 2.24) is 10.6 Å². The molecule has 0 aromatic carbocycles. The van der Waals surface area contributed by atoms with Gasteiger partial charge in [0, 0.05) is 13.0 Å². The van der Waals surface area contributed by atoms with Gasteiger partial charge in [0.15, 0.2) is 0 Å². The number of nitrogens with two attached hydrogens (primary N) is 1. The molecule has 0 aliphatic carbocycles. The minimum Gasteiger partial charge on any atom is -0.480 e. The molecule has 7 heteroatoms. The predicted molar refractivity (Wildman–Crippen MR) is 47.4 cm³/mol. The van der Waals surface area contributed by atoms with Crippen LogP contribution in [0.5, 0.6) is 0 Å². The number of hydrogen-bond donors (Lipinski definition) is 4. The Hall–Kier alpha value is -1.63. The first kappa shape index (κ1) is 12.4. The third-order valence-electron chi connectivity index (χ3n) is 1.44. The van der Waals surface area contributed by atoms with Crippen molar-refractivity contribution >= 4 is 17.9 Å². The van der Waals surface area contributed by atoms with E-state index in [-0.39, 0.29) is 13.0 Å². The molecule has 3 amide bonds. The Morgan fingerprint density at radius 2 is 2.00 bits per heavy atom. The lowest BCUT2D eigenvalue weighted by molar-refractivity contribution is -0.139. The first-order valence-electron chi connectivity index (χ1n) is 3.99. The molecular formula is C7H13N3O4. The molecule has 1 atom stereocenters. The molecule has 0 radical (unpaired) electrons. The van der Waals surface area contributed by atoms with E-state index in [1.807, 2.05) is 5.32 Å². The van der Waals surface area contributed by atoms with Crippen molar-refractivity contribution < 1.29 is 19.5 Å². The van der Waals surface area contributed by atoms with Crippen LogP contribution in [0.4, 0.5) is 4.79 Å². The van der Waals surface area contributed by atoms with Crippen LogP contribution in [0.2, 0.25) is 0 Å². The molecule has 1 unspecified atom stereocenters. The fourth-order valence-electron chi connectivity index (χ4n) is 0.689. The van der Waals surface area contributed by atoms with Gasteiger partial charge < -0.3 is 16.2 Å². The number of hydrogen-bond acceptors (Lipinski definition) is 4. The Morgan fingerprint density at radius 3 is 2.43 bits per heavy atom. The summed E-state index contributed by atoms with van der Waals surface area (Å²) in [6, 6.07) is -1.64. The Kier molecular flexibility index (Phi) is 5.23. The predicted octanol–water partition coefficient (Wildman–Crippen LogP) is -1.37. The molecule has 0 bridgehead atoms. The molecule has 0 rings (SSSR count). The zero-order valence-corrected chi connectivity index (χ0v) is 7.74. The van der Waals surface area contributed by atoms with Gasteiger partial charge in [-0.15, -0.1) is 0 Å². The monoisotopic (exact) mass is 203 g/mol. The summed E-state index contributed by atoms with van der Waals surface area (Å²) in [4.78, 5) is 31.3. The van der Waals surface area contributed by atoms with E-state index in [4.69, 9.17) is 5.11 Å². The van der Waals surface area contributed by atoms with E-state index in [1.54, 1.807) is 0 Å². The van der Waals surface area contributed by atoms with Crippen molar-refractivity contribution in [2.45, 2.75) is 19.4 Å². The molecule has 0 aliphatic rings. The SMILES string of the molecule is CC(NCCC(=O)NC(N)=O)C(=O)O. The molecule has 7 nitrogen and oxygen atoms in total. The van der Waals surface area contributed by atoms with Crippen molar-refractivity contribution in [3.8, 4) is 0 Å². The second-order valence-electron chi connectivity index (χ2n) is 2.68. The van der Waals surface area contributed by atoms with Gasteiger partial charge in [0.1, 0.15) is 6.04 Å². The summed E-state index contributed by atoms with van der Waals surface area (Å²) in [6.45, 7) is 1.63. The van der Waals surface area contributed by atoms with Crippen LogP contribution in [0, 0.1) is 0 Å². The fourth-order valence-corrected chi connectivity index (χ4v) is 0.689. The summed E-state index contributed by atoms with van der Waals surface area (Å²) in [7, 11) is 0. The van der Waals surface area contributed by atoms with Gasteiger partial charge in [-0.3, -0.25) is 14.9 Å². The average molecular weight is 203 g/mol. The van der Waals surface area contributed by atoms with Crippen LogP contribution < -0.4 is 16.4 Å². The van der Waals surface area contributed by atoms with Gasteiger partial charge >= 0.3 is 12.0 Å². The smallest absolute Gasteiger partial charge is 0.320 e. The minimum absolute atomic E-state index is 0.000556. The number of amides is 3. The highest BCUT2D eigenvalue weighted by Crippen LogP contribution is 1.83. The molecule has 0 spiro atoms. The van der Waals surface area contributed by atoms with Gasteiger partial charge in [-0.25, -0.2) is 4.79 Å². The second-order valence-corrected chi connectivity index (χ2v) is 2.68. The Morgan fingerprint density at radius 1 is 1.43 bits per heavy atom. The van der Waals surface area contributed by atoms with Gasteiger partial charge in [0.05, 0.1) is 0 Å². The maximum atomic E-state index is 10.8. The van der Waals surface area contributed by atoms with E-state index in [0.29, 0.717) is 0 Å². The van der Waals surface area contributed by atoms with E-state index in [1.165, 1.54) is 6.92 Å². The topological polar surface area (TPSA) is 122 Å². The summed E-state index contributed by atoms with van der Waals surface area (Å²) in [6.07, 6.45) is 0.000556. The third kappa shape index (κ3) is 5.95. The lowest BCUT2D eigenvalue weighted by atomic mass is 10.3. The Balaban J connectivity index is 3.59. The van der Waals surface area contributed by atoms with Crippen molar-refractivity contribution in [2.75, 3.05) is 6.54 Å². The zero-order chi connectivity index (χ0) is 11.1. The van der Waals surface area contributed by atoms with Crippen molar-refractivity contribution in [3.05, 3.63) is 0 Å². The van der Waals surface area contributed by atoms with Crippen LogP contribution in [0.3, 0.4) is 0 Å². The molecular weight excluding hydrogens is 190 g/mol. The van der Waals surface area contributed by atoms with E-state index in [9.17, 15) is 14.4 Å². The van der Waals surface area contributed by atoms with Crippen LogP contribution >= 0.6 is 0 Å². The molecule has 14 heavy (non-hydrogen) atoms. The Labute approximate surface area is 80.6 Å². The van der Waals surface area contributed by atoms with Crippen molar-refractivity contribution in [3.63, 3.8) is 0 Å². The minimum atomic E-state index is -1.000. The number of carbonyl (C=O) groups excluding carboxylic acids is 2. The number of rotatable bonds is 5. The number of carboxylic acid groups (broad SMARTS) is 1. The van der Waals surface area contributed by atoms with E-state index in [0.717, 1.165) is 0 Å². The normalized spacial score (nSPS) is 11.8. The highest BCUT2D eigenvalue weighted by atomic mass is 16.4. The standard InChI is InChI=1S/C7H13N3O4/c1-4(6(12)13)9-3-2-5(11)10-7(8)14/h4,9H,2-3H2,1H3,(H,12,13)(H3,8,10,11,14). The number of carboxylic acids is 1. The first-order valence-corrected chi connectivity index (χ1v) is 3.99. The molecule has 0 heterocycles. The van der Waals surface area contributed by atoms with Gasteiger partial charge in [-0.05, 0) is 6.92 Å². The highest BCUT2D eigenvalue weighted by molar-refractivity contribution is 5.93. The maximum Gasteiger partial charge on any atom is 0.320 e. The summed E-state index contributed by atoms with van der Waals surface area (Å²) < 4.78 is 0. The summed E-state index contributed by atoms with van der Waals surface area (Å²) in [5.74, 6) is -1.54. The first-order chi connectivity index (χ1) is 6.43. The number of carbonyl (C=O) groups is 3. The number of urea groups is 1. The molecule has 80 valence electrons. The van der Waals surface area contributed by atoms with E-state index < -0.39 is 23.9 Å². The number of imide groups is 1. The van der Waals surface area contributed by atoms with Crippen molar-refractivity contribution in [2.24, 2.45) is 5.73 Å². The summed E-state index contributed by atoms with van der Waals surface area (Å²) >= 11 is 0. The van der Waals surface area contributed by atoms with Crippen molar-refractivity contribution in [1.29, 1.82) is 0 Å². The third-order valence-corrected chi connectivity index (χ3v) is 1.44. The molecule has 5 N–H and O–H groups in total. The van der Waals surface area contributed by atoms with Crippen LogP contribution in [0.25, 0.3) is 0 Å². The molecule has 0 saturated heterocycles. The van der Waals surface area contributed by atoms with Crippen LogP contribution in [0.15, 0.2) is 0 Å². The van der Waals surface area contributed by atoms with Gasteiger partial charge in [0.2, 0.25) is 5.91 Å². The maximum absolute atomic E-state index is 10.8. The quantitative estimate of drug-likeness (QED) is 0.439. The molecule has 0 aromatic heterocycles. The van der Waals surface area contributed by atoms with Gasteiger partial charge in [0.25, 0.3) is 0 Å².